The molecule has 1 fully saturated rings. The van der Waals surface area contributed by atoms with Gasteiger partial charge in [0.05, 0.1) is 5.02 Å². The highest BCUT2D eigenvalue weighted by molar-refractivity contribution is 9.10. The van der Waals surface area contributed by atoms with Crippen LogP contribution in [0.3, 0.4) is 0 Å². The Labute approximate surface area is 96.6 Å². The van der Waals surface area contributed by atoms with Crippen molar-refractivity contribution in [1.82, 2.24) is 0 Å². The van der Waals surface area contributed by atoms with Crippen LogP contribution in [-0.4, -0.2) is 5.78 Å². The van der Waals surface area contributed by atoms with Gasteiger partial charge in [-0.1, -0.05) is 17.7 Å². The third-order valence-corrected chi connectivity index (χ3v) is 3.65. The van der Waals surface area contributed by atoms with Crippen molar-refractivity contribution in [3.05, 3.63) is 33.3 Å². The van der Waals surface area contributed by atoms with Crippen LogP contribution in [0.25, 0.3) is 0 Å². The molecule has 0 bridgehead atoms. The lowest BCUT2D eigenvalue weighted by molar-refractivity contribution is 0.0976. The summed E-state index contributed by atoms with van der Waals surface area (Å²) in [7, 11) is 0. The largest absolute Gasteiger partial charge is 0.294 e. The Bertz CT molecular complexity index is 372. The molecule has 0 amide bonds. The summed E-state index contributed by atoms with van der Waals surface area (Å²) in [5.74, 6) is 0.840. The fraction of sp³-hybridized carbons (Fsp3) is 0.364. The topological polar surface area (TPSA) is 17.1 Å². The van der Waals surface area contributed by atoms with Gasteiger partial charge < -0.3 is 0 Å². The van der Waals surface area contributed by atoms with Gasteiger partial charge in [0, 0.05) is 16.5 Å². The van der Waals surface area contributed by atoms with Crippen molar-refractivity contribution in [3.63, 3.8) is 0 Å². The third kappa shape index (κ3) is 2.37. The highest BCUT2D eigenvalue weighted by atomic mass is 79.9. The molecule has 0 aliphatic heterocycles. The lowest BCUT2D eigenvalue weighted by Crippen LogP contribution is -1.99. The van der Waals surface area contributed by atoms with E-state index in [0.717, 1.165) is 10.0 Å². The van der Waals surface area contributed by atoms with Crippen molar-refractivity contribution in [2.75, 3.05) is 0 Å². The van der Waals surface area contributed by atoms with Crippen molar-refractivity contribution >= 4 is 33.3 Å². The fourth-order valence-corrected chi connectivity index (χ4v) is 1.80. The normalized spacial score (nSPS) is 15.6. The molecule has 0 saturated heterocycles. The Morgan fingerprint density at radius 2 is 2.21 bits per heavy atom. The zero-order valence-electron chi connectivity index (χ0n) is 7.59. The van der Waals surface area contributed by atoms with E-state index in [4.69, 9.17) is 11.6 Å². The first-order chi connectivity index (χ1) is 6.66. The average Bonchev–Trinajstić information content (AvgIpc) is 2.93. The minimum Gasteiger partial charge on any atom is -0.294 e. The van der Waals surface area contributed by atoms with Crippen molar-refractivity contribution < 1.29 is 4.79 Å². The van der Waals surface area contributed by atoms with Crippen molar-refractivity contribution in [1.29, 1.82) is 0 Å². The number of halogens is 2. The van der Waals surface area contributed by atoms with Crippen molar-refractivity contribution in [2.45, 2.75) is 19.3 Å². The molecule has 1 saturated carbocycles. The number of benzene rings is 1. The van der Waals surface area contributed by atoms with Gasteiger partial charge in [-0.3, -0.25) is 4.79 Å². The number of carbonyl (C=O) groups is 1. The molecule has 74 valence electrons. The Morgan fingerprint density at radius 3 is 2.79 bits per heavy atom. The molecule has 0 radical (unpaired) electrons. The summed E-state index contributed by atoms with van der Waals surface area (Å²) in [5, 5.41) is 0.603. The molecule has 0 atom stereocenters. The summed E-state index contributed by atoms with van der Waals surface area (Å²) in [6, 6.07) is 5.37. The number of carbonyl (C=O) groups excluding carboxylic acids is 1. The molecular formula is C11H10BrClO. The van der Waals surface area contributed by atoms with Gasteiger partial charge >= 0.3 is 0 Å². The molecule has 0 aromatic heterocycles. The third-order valence-electron chi connectivity index (χ3n) is 2.41. The van der Waals surface area contributed by atoms with Gasteiger partial charge in [0.25, 0.3) is 0 Å². The summed E-state index contributed by atoms with van der Waals surface area (Å²) >= 11 is 9.21. The lowest BCUT2D eigenvalue weighted by Gasteiger charge is -2.01. The SMILES string of the molecule is O=C(CC1CC1)c1ccc(Br)c(Cl)c1. The van der Waals surface area contributed by atoms with Gasteiger partial charge in [-0.25, -0.2) is 0 Å². The second-order valence-corrected chi connectivity index (χ2v) is 4.96. The van der Waals surface area contributed by atoms with E-state index < -0.39 is 0 Å². The zero-order chi connectivity index (χ0) is 10.1. The van der Waals surface area contributed by atoms with Crippen LogP contribution in [-0.2, 0) is 0 Å². The summed E-state index contributed by atoms with van der Waals surface area (Å²) in [6.45, 7) is 0. The summed E-state index contributed by atoms with van der Waals surface area (Å²) in [5.41, 5.74) is 0.727. The van der Waals surface area contributed by atoms with Gasteiger partial charge in [-0.2, -0.15) is 0 Å². The molecule has 0 spiro atoms. The van der Waals surface area contributed by atoms with E-state index in [9.17, 15) is 4.79 Å². The average molecular weight is 274 g/mol. The summed E-state index contributed by atoms with van der Waals surface area (Å²) in [4.78, 5) is 11.7. The molecule has 0 unspecified atom stereocenters. The standard InChI is InChI=1S/C11H10BrClO/c12-9-4-3-8(6-10(9)13)11(14)5-7-1-2-7/h3-4,6-7H,1-2,5H2. The number of hydrogen-bond donors (Lipinski definition) is 0. The van der Waals surface area contributed by atoms with E-state index in [1.54, 1.807) is 6.07 Å². The van der Waals surface area contributed by atoms with Crippen molar-refractivity contribution in [2.24, 2.45) is 5.92 Å². The molecule has 1 aliphatic carbocycles. The second kappa shape index (κ2) is 4.03. The first kappa shape index (κ1) is 10.2. The van der Waals surface area contributed by atoms with Crippen molar-refractivity contribution in [3.8, 4) is 0 Å². The van der Waals surface area contributed by atoms with E-state index in [1.807, 2.05) is 12.1 Å². The minimum absolute atomic E-state index is 0.210. The zero-order valence-corrected chi connectivity index (χ0v) is 9.94. The van der Waals surface area contributed by atoms with E-state index in [2.05, 4.69) is 15.9 Å². The molecular weight excluding hydrogens is 263 g/mol. The van der Waals surface area contributed by atoms with Crippen LogP contribution in [0.2, 0.25) is 5.02 Å². The lowest BCUT2D eigenvalue weighted by atomic mass is 10.1. The minimum atomic E-state index is 0.210. The highest BCUT2D eigenvalue weighted by Gasteiger charge is 2.24. The first-order valence-corrected chi connectivity index (χ1v) is 5.82. The van der Waals surface area contributed by atoms with Gasteiger partial charge in [0.1, 0.15) is 0 Å². The van der Waals surface area contributed by atoms with Crippen LogP contribution in [0.4, 0.5) is 0 Å². The quantitative estimate of drug-likeness (QED) is 0.758. The van der Waals surface area contributed by atoms with Crippen LogP contribution < -0.4 is 0 Å². The molecule has 1 nitrogen and oxygen atoms in total. The van der Waals surface area contributed by atoms with E-state index in [1.165, 1.54) is 12.8 Å². The Hall–Kier alpha value is -0.340. The summed E-state index contributed by atoms with van der Waals surface area (Å²) in [6.07, 6.45) is 3.09. The first-order valence-electron chi connectivity index (χ1n) is 4.65. The van der Waals surface area contributed by atoms with Gasteiger partial charge in [-0.15, -0.1) is 0 Å². The molecule has 1 aliphatic rings. The van der Waals surface area contributed by atoms with Gasteiger partial charge in [0.15, 0.2) is 5.78 Å². The maximum absolute atomic E-state index is 11.7. The van der Waals surface area contributed by atoms with E-state index >= 15 is 0 Å². The maximum atomic E-state index is 11.7. The number of Topliss-reactive ketones (excluding diaryl/α,β-unsaturated/α-hetero) is 1. The van der Waals surface area contributed by atoms with E-state index in [0.29, 0.717) is 17.4 Å². The predicted octanol–water partition coefficient (Wildman–Crippen LogP) is 4.09. The second-order valence-electron chi connectivity index (χ2n) is 3.70. The Kier molecular flexibility index (Phi) is 2.93. The number of rotatable bonds is 3. The Morgan fingerprint density at radius 1 is 1.50 bits per heavy atom. The van der Waals surface area contributed by atoms with Gasteiger partial charge in [-0.05, 0) is 46.8 Å². The molecule has 1 aromatic rings. The Balaban J connectivity index is 2.14. The molecule has 3 heteroatoms. The number of ketones is 1. The monoisotopic (exact) mass is 272 g/mol. The fourth-order valence-electron chi connectivity index (χ4n) is 1.37. The van der Waals surface area contributed by atoms with Crippen LogP contribution in [0.5, 0.6) is 0 Å². The molecule has 1 aromatic carbocycles. The van der Waals surface area contributed by atoms with Crippen LogP contribution in [0, 0.1) is 5.92 Å². The molecule has 0 heterocycles. The molecule has 2 rings (SSSR count). The van der Waals surface area contributed by atoms with Crippen LogP contribution >= 0.6 is 27.5 Å². The predicted molar refractivity (Wildman–Crippen MR) is 60.8 cm³/mol. The van der Waals surface area contributed by atoms with E-state index in [-0.39, 0.29) is 5.78 Å². The maximum Gasteiger partial charge on any atom is 0.163 e. The van der Waals surface area contributed by atoms with Crippen LogP contribution in [0.1, 0.15) is 29.6 Å². The molecule has 0 N–H and O–H groups in total. The summed E-state index contributed by atoms with van der Waals surface area (Å²) < 4.78 is 0.835. The molecule has 14 heavy (non-hydrogen) atoms. The van der Waals surface area contributed by atoms with Crippen LogP contribution in [0.15, 0.2) is 22.7 Å². The highest BCUT2D eigenvalue weighted by Crippen LogP contribution is 2.34. The van der Waals surface area contributed by atoms with Gasteiger partial charge in [0.2, 0.25) is 0 Å². The number of hydrogen-bond acceptors (Lipinski definition) is 1. The smallest absolute Gasteiger partial charge is 0.163 e.